The van der Waals surface area contributed by atoms with Crippen molar-refractivity contribution in [2.75, 3.05) is 13.2 Å². The predicted molar refractivity (Wildman–Crippen MR) is 127 cm³/mol. The number of hydrogen-bond acceptors (Lipinski definition) is 15. The Hall–Kier alpha value is -3.49. The molecule has 1 heterocycles. The van der Waals surface area contributed by atoms with Gasteiger partial charge in [-0.25, -0.2) is 13.2 Å². The second-order valence-corrected chi connectivity index (χ2v) is 9.83. The maximum absolute atomic E-state index is 11.9. The smallest absolute Gasteiger partial charge is 0.747 e. The molecule has 0 radical (unpaired) electrons. The van der Waals surface area contributed by atoms with Gasteiger partial charge in [0, 0.05) is 19.0 Å². The Balaban J connectivity index is 0.00000882. The van der Waals surface area contributed by atoms with Gasteiger partial charge in [-0.1, -0.05) is 6.07 Å². The molecule has 20 heteroatoms. The molecule has 1 saturated heterocycles. The Kier molecular flexibility index (Phi) is 14.6. The number of nitro benzene ring substituents is 1. The summed E-state index contributed by atoms with van der Waals surface area (Å²) in [6, 6.07) is 3.97. The van der Waals surface area contributed by atoms with Gasteiger partial charge in [0.25, 0.3) is 17.5 Å². The molecular weight excluding hydrogens is 601 g/mol. The number of carbonyl (C=O) groups excluding carboxylic acids is 6. The van der Waals surface area contributed by atoms with Gasteiger partial charge in [0.1, 0.15) is 28.6 Å². The molecule has 1 fully saturated rings. The average molecular weight is 625 g/mol. The first kappa shape index (κ1) is 36.5. The van der Waals surface area contributed by atoms with Crippen molar-refractivity contribution in [1.82, 2.24) is 10.4 Å². The number of nitro groups is 1. The number of nitrogens with one attached hydrogen (secondary N) is 1. The van der Waals surface area contributed by atoms with Crippen LogP contribution in [0.15, 0.2) is 18.2 Å². The predicted octanol–water partition coefficient (Wildman–Crippen LogP) is -4.51. The van der Waals surface area contributed by atoms with Gasteiger partial charge in [-0.05, 0) is 11.6 Å². The van der Waals surface area contributed by atoms with Gasteiger partial charge in [-0.3, -0.25) is 34.1 Å². The molecule has 3 amide bonds. The summed E-state index contributed by atoms with van der Waals surface area (Å²) in [5.41, 5.74) is 0.311. The summed E-state index contributed by atoms with van der Waals surface area (Å²) in [4.78, 5) is 85.2. The van der Waals surface area contributed by atoms with E-state index in [9.17, 15) is 57.0 Å². The maximum Gasteiger partial charge on any atom is 1.00 e. The van der Waals surface area contributed by atoms with Gasteiger partial charge < -0.3 is 29.3 Å². The molecule has 1 unspecified atom stereocenters. The first-order valence-electron chi connectivity index (χ1n) is 11.7. The van der Waals surface area contributed by atoms with Crippen molar-refractivity contribution >= 4 is 51.4 Å². The number of hydroxylamine groups is 2. The van der Waals surface area contributed by atoms with Gasteiger partial charge >= 0.3 is 47.5 Å². The molecule has 224 valence electrons. The van der Waals surface area contributed by atoms with Gasteiger partial charge in [0.15, 0.2) is 0 Å². The summed E-state index contributed by atoms with van der Waals surface area (Å²) in [7, 11) is -5.13. The third-order valence-electron chi connectivity index (χ3n) is 5.30. The SMILES string of the molecule is O=C(CCC(=O)OCCOC(=O)CCC(=O)ON1C(=O)CC(S(=O)(=O)[O-])C1=O)NCc1ccc([N+](=O)[O-])c(CO)c1.[Na+]. The third-order valence-corrected chi connectivity index (χ3v) is 6.37. The fraction of sp³-hybridized carbons (Fsp3) is 0.455. The van der Waals surface area contributed by atoms with Crippen molar-refractivity contribution in [3.8, 4) is 0 Å². The topological polar surface area (TPSA) is 266 Å². The van der Waals surface area contributed by atoms with Crippen LogP contribution in [0.4, 0.5) is 5.69 Å². The molecular formula is C22H24N3NaO15S. The van der Waals surface area contributed by atoms with E-state index in [1.54, 1.807) is 0 Å². The maximum atomic E-state index is 11.9. The largest absolute Gasteiger partial charge is 1.00 e. The van der Waals surface area contributed by atoms with Gasteiger partial charge in [-0.15, -0.1) is 5.06 Å². The van der Waals surface area contributed by atoms with Crippen molar-refractivity contribution in [3.05, 3.63) is 39.4 Å². The van der Waals surface area contributed by atoms with E-state index in [0.717, 1.165) is 0 Å². The zero-order chi connectivity index (χ0) is 30.7. The number of hydrogen-bond donors (Lipinski definition) is 2. The molecule has 2 N–H and O–H groups in total. The van der Waals surface area contributed by atoms with E-state index in [4.69, 9.17) is 9.47 Å². The molecule has 1 aliphatic rings. The normalized spacial score (nSPS) is 14.5. The van der Waals surface area contributed by atoms with Crippen LogP contribution in [0.5, 0.6) is 0 Å². The van der Waals surface area contributed by atoms with Gasteiger partial charge in [-0.2, -0.15) is 0 Å². The summed E-state index contributed by atoms with van der Waals surface area (Å²) < 4.78 is 42.4. The van der Waals surface area contributed by atoms with Crippen molar-refractivity contribution in [1.29, 1.82) is 0 Å². The van der Waals surface area contributed by atoms with Crippen LogP contribution in [0.1, 0.15) is 43.2 Å². The van der Waals surface area contributed by atoms with E-state index in [1.165, 1.54) is 18.2 Å². The van der Waals surface area contributed by atoms with Crippen LogP contribution in [-0.2, 0) is 66.3 Å². The number of carbonyl (C=O) groups is 6. The Bertz CT molecular complexity index is 1330. The molecule has 0 bridgehead atoms. The average Bonchev–Trinajstić information content (AvgIpc) is 3.20. The van der Waals surface area contributed by atoms with Gasteiger partial charge in [0.2, 0.25) is 5.91 Å². The van der Waals surface area contributed by atoms with Crippen LogP contribution >= 0.6 is 0 Å². The molecule has 0 aliphatic carbocycles. The van der Waals surface area contributed by atoms with Gasteiger partial charge in [0.05, 0.1) is 42.8 Å². The number of aliphatic hydroxyl groups excluding tert-OH is 1. The van der Waals surface area contributed by atoms with Crippen molar-refractivity contribution in [3.63, 3.8) is 0 Å². The van der Waals surface area contributed by atoms with E-state index in [2.05, 4.69) is 10.2 Å². The number of nitrogens with zero attached hydrogens (tertiary/aromatic N) is 2. The third kappa shape index (κ3) is 11.4. The van der Waals surface area contributed by atoms with Crippen LogP contribution in [0, 0.1) is 10.1 Å². The molecule has 2 rings (SSSR count). The van der Waals surface area contributed by atoms with Crippen LogP contribution in [-0.4, -0.2) is 82.2 Å². The molecule has 1 aromatic carbocycles. The van der Waals surface area contributed by atoms with Crippen molar-refractivity contribution < 1.29 is 95.6 Å². The van der Waals surface area contributed by atoms with E-state index in [0.29, 0.717) is 5.56 Å². The molecule has 1 aromatic rings. The quantitative estimate of drug-likeness (QED) is 0.0354. The summed E-state index contributed by atoms with van der Waals surface area (Å²) in [5, 5.41) is 20.3. The fourth-order valence-electron chi connectivity index (χ4n) is 3.27. The van der Waals surface area contributed by atoms with Crippen LogP contribution < -0.4 is 34.9 Å². The first-order valence-corrected chi connectivity index (χ1v) is 13.2. The Morgan fingerprint density at radius 3 is 2.12 bits per heavy atom. The monoisotopic (exact) mass is 625 g/mol. The van der Waals surface area contributed by atoms with E-state index < -0.39 is 88.4 Å². The second kappa shape index (κ2) is 16.8. The van der Waals surface area contributed by atoms with Crippen LogP contribution in [0.25, 0.3) is 0 Å². The molecule has 0 aromatic heterocycles. The Labute approximate surface area is 259 Å². The number of esters is 2. The molecule has 1 atom stereocenters. The summed E-state index contributed by atoms with van der Waals surface area (Å²) in [6.07, 6.45) is -2.76. The summed E-state index contributed by atoms with van der Waals surface area (Å²) in [6.45, 7) is -1.33. The van der Waals surface area contributed by atoms with Crippen LogP contribution in [0.2, 0.25) is 0 Å². The van der Waals surface area contributed by atoms with Crippen molar-refractivity contribution in [2.45, 2.75) is 50.5 Å². The molecule has 42 heavy (non-hydrogen) atoms. The number of rotatable bonds is 15. The summed E-state index contributed by atoms with van der Waals surface area (Å²) in [5.74, 6) is -6.22. The van der Waals surface area contributed by atoms with E-state index in [1.807, 2.05) is 0 Å². The minimum atomic E-state index is -5.13. The zero-order valence-corrected chi connectivity index (χ0v) is 25.0. The minimum Gasteiger partial charge on any atom is -0.747 e. The van der Waals surface area contributed by atoms with Crippen LogP contribution in [0.3, 0.4) is 0 Å². The first-order chi connectivity index (χ1) is 19.2. The zero-order valence-electron chi connectivity index (χ0n) is 22.1. The number of benzene rings is 1. The second-order valence-electron chi connectivity index (χ2n) is 8.27. The van der Waals surface area contributed by atoms with Crippen molar-refractivity contribution in [2.24, 2.45) is 0 Å². The molecule has 0 spiro atoms. The summed E-state index contributed by atoms with van der Waals surface area (Å²) >= 11 is 0. The number of amides is 3. The fourth-order valence-corrected chi connectivity index (χ4v) is 3.96. The molecule has 18 nitrogen and oxygen atoms in total. The minimum absolute atomic E-state index is 0. The number of ether oxygens (including phenoxy) is 2. The Morgan fingerprint density at radius 1 is 1.02 bits per heavy atom. The standard InChI is InChI=1S/C22H25N3O15S.Na/c26-12-14-9-13(1-2-15(14)25(33)34)11-23-17(27)3-4-19(29)38-7-8-39-20(30)5-6-21(31)40-24-18(28)10-16(22(24)32)41(35,36)37;/h1-2,9,16,26H,3-8,10-12H2,(H,23,27)(H,35,36,37);/q;+1/p-1. The number of imide groups is 1. The Morgan fingerprint density at radius 2 is 1.60 bits per heavy atom. The van der Waals surface area contributed by atoms with E-state index in [-0.39, 0.29) is 71.9 Å². The molecule has 1 aliphatic heterocycles. The molecule has 0 saturated carbocycles. The number of aliphatic hydroxyl groups is 1. The van der Waals surface area contributed by atoms with E-state index >= 15 is 0 Å².